The Morgan fingerprint density at radius 3 is 2.55 bits per heavy atom. The number of piperidine rings is 1. The third-order valence-electron chi connectivity index (χ3n) is 6.21. The van der Waals surface area contributed by atoms with Crippen LogP contribution in [0.1, 0.15) is 42.0 Å². The fourth-order valence-electron chi connectivity index (χ4n) is 4.11. The second kappa shape index (κ2) is 9.01. The fourth-order valence-corrected chi connectivity index (χ4v) is 6.01. The highest BCUT2D eigenvalue weighted by molar-refractivity contribution is 7.89. The van der Waals surface area contributed by atoms with Gasteiger partial charge in [0.15, 0.2) is 0 Å². The Balaban J connectivity index is 1.76. The number of hydrogen-bond acceptors (Lipinski definition) is 4. The van der Waals surface area contributed by atoms with Crippen LogP contribution in [0.3, 0.4) is 0 Å². The Hall–Kier alpha value is -2.38. The number of benzene rings is 2. The average Bonchev–Trinajstić information content (AvgIpc) is 2.74. The molecule has 0 spiro atoms. The van der Waals surface area contributed by atoms with E-state index >= 15 is 0 Å². The Labute approximate surface area is 185 Å². The number of carbonyl (C=O) groups is 1. The number of nitrogens with zero attached hydrogens (tertiary/aromatic N) is 1. The second-order valence-electron chi connectivity index (χ2n) is 8.74. The van der Waals surface area contributed by atoms with E-state index in [1.807, 2.05) is 58.0 Å². The van der Waals surface area contributed by atoms with Gasteiger partial charge >= 0.3 is 0 Å². The average molecular weight is 445 g/mol. The molecule has 2 aromatic rings. The smallest absolute Gasteiger partial charge is 0.243 e. The summed E-state index contributed by atoms with van der Waals surface area (Å²) in [7, 11) is -2.07. The lowest BCUT2D eigenvalue weighted by molar-refractivity contribution is -0.132. The van der Waals surface area contributed by atoms with Gasteiger partial charge in [-0.2, -0.15) is 4.31 Å². The van der Waals surface area contributed by atoms with Crippen LogP contribution in [0.25, 0.3) is 0 Å². The zero-order valence-electron chi connectivity index (χ0n) is 19.0. The lowest BCUT2D eigenvalue weighted by Gasteiger charge is -2.38. The molecule has 0 saturated carbocycles. The highest BCUT2D eigenvalue weighted by atomic mass is 32.2. The third kappa shape index (κ3) is 4.93. The number of sulfonamides is 1. The van der Waals surface area contributed by atoms with Gasteiger partial charge in [0.05, 0.1) is 17.4 Å². The Morgan fingerprint density at radius 2 is 1.84 bits per heavy atom. The number of rotatable bonds is 6. The van der Waals surface area contributed by atoms with E-state index in [9.17, 15) is 13.2 Å². The molecule has 1 N–H and O–H groups in total. The molecule has 2 aromatic carbocycles. The number of ether oxygens (including phenoxy) is 1. The van der Waals surface area contributed by atoms with Gasteiger partial charge in [-0.1, -0.05) is 18.2 Å². The highest BCUT2D eigenvalue weighted by Gasteiger charge is 2.42. The molecule has 7 heteroatoms. The summed E-state index contributed by atoms with van der Waals surface area (Å²) in [6, 6.07) is 11.2. The van der Waals surface area contributed by atoms with Crippen molar-refractivity contribution in [1.82, 2.24) is 9.62 Å². The van der Waals surface area contributed by atoms with Crippen molar-refractivity contribution in [3.63, 3.8) is 0 Å². The molecular formula is C24H32N2O4S. The fraction of sp³-hybridized carbons (Fsp3) is 0.458. The zero-order valence-corrected chi connectivity index (χ0v) is 19.8. The van der Waals surface area contributed by atoms with Gasteiger partial charge in [-0.25, -0.2) is 8.42 Å². The summed E-state index contributed by atoms with van der Waals surface area (Å²) in [6.07, 6.45) is 1.29. The minimum Gasteiger partial charge on any atom is -0.497 e. The maximum atomic E-state index is 13.4. The van der Waals surface area contributed by atoms with E-state index in [0.717, 1.165) is 28.0 Å². The summed E-state index contributed by atoms with van der Waals surface area (Å²) in [4.78, 5) is 13.4. The molecule has 1 amide bonds. The second-order valence-corrected chi connectivity index (χ2v) is 10.6. The Bertz CT molecular complexity index is 1080. The van der Waals surface area contributed by atoms with E-state index < -0.39 is 15.4 Å². The van der Waals surface area contributed by atoms with Crippen molar-refractivity contribution in [2.75, 3.05) is 20.2 Å². The summed E-state index contributed by atoms with van der Waals surface area (Å²) >= 11 is 0. The largest absolute Gasteiger partial charge is 0.497 e. The summed E-state index contributed by atoms with van der Waals surface area (Å²) in [5.41, 5.74) is 2.90. The molecule has 0 aliphatic carbocycles. The summed E-state index contributed by atoms with van der Waals surface area (Å²) in [6.45, 7) is 8.53. The zero-order chi connectivity index (χ0) is 22.8. The first-order valence-electron chi connectivity index (χ1n) is 10.6. The topological polar surface area (TPSA) is 75.7 Å². The first kappa shape index (κ1) is 23.3. The van der Waals surface area contributed by atoms with E-state index in [1.54, 1.807) is 13.2 Å². The van der Waals surface area contributed by atoms with Crippen molar-refractivity contribution in [3.8, 4) is 5.75 Å². The number of carbonyl (C=O) groups excluding carboxylic acids is 1. The predicted octanol–water partition coefficient (Wildman–Crippen LogP) is 3.73. The van der Waals surface area contributed by atoms with Gasteiger partial charge in [-0.3, -0.25) is 4.79 Å². The van der Waals surface area contributed by atoms with Gasteiger partial charge in [0.1, 0.15) is 5.75 Å². The molecule has 0 unspecified atom stereocenters. The minimum absolute atomic E-state index is 0.132. The van der Waals surface area contributed by atoms with Crippen molar-refractivity contribution in [3.05, 3.63) is 58.7 Å². The summed E-state index contributed by atoms with van der Waals surface area (Å²) < 4.78 is 33.5. The molecule has 1 atom stereocenters. The predicted molar refractivity (Wildman–Crippen MR) is 122 cm³/mol. The number of methoxy groups -OCH3 is 1. The first-order valence-corrected chi connectivity index (χ1v) is 12.0. The van der Waals surface area contributed by atoms with Crippen molar-refractivity contribution >= 4 is 15.9 Å². The summed E-state index contributed by atoms with van der Waals surface area (Å²) in [5.74, 6) is 0.601. The van der Waals surface area contributed by atoms with E-state index in [-0.39, 0.29) is 12.5 Å². The standard InChI is InChI=1S/C24H32N2O4S/c1-17-12-19(3)22(13-18(17)2)31(28,29)26-11-7-10-24(4,16-26)23(27)25-15-20-8-6-9-21(14-20)30-5/h6,8-9,12-14H,7,10-11,15-16H2,1-5H3,(H,25,27)/t24-/m0/s1. The molecular weight excluding hydrogens is 412 g/mol. The minimum atomic E-state index is -3.68. The van der Waals surface area contributed by atoms with Crippen molar-refractivity contribution in [2.45, 2.75) is 52.0 Å². The lowest BCUT2D eigenvalue weighted by Crippen LogP contribution is -2.51. The van der Waals surface area contributed by atoms with Crippen LogP contribution in [0, 0.1) is 26.2 Å². The van der Waals surface area contributed by atoms with Crippen LogP contribution in [-0.4, -0.2) is 38.8 Å². The first-order chi connectivity index (χ1) is 14.6. The molecule has 1 aliphatic heterocycles. The molecule has 1 heterocycles. The van der Waals surface area contributed by atoms with Crippen LogP contribution in [0.15, 0.2) is 41.3 Å². The molecule has 1 aliphatic rings. The van der Waals surface area contributed by atoms with E-state index in [0.29, 0.717) is 30.8 Å². The van der Waals surface area contributed by atoms with Crippen LogP contribution in [0.4, 0.5) is 0 Å². The third-order valence-corrected chi connectivity index (χ3v) is 8.19. The quantitative estimate of drug-likeness (QED) is 0.737. The molecule has 1 saturated heterocycles. The van der Waals surface area contributed by atoms with Gasteiger partial charge in [-0.05, 0) is 81.0 Å². The van der Waals surface area contributed by atoms with Gasteiger partial charge in [0.2, 0.25) is 15.9 Å². The molecule has 3 rings (SSSR count). The molecule has 1 fully saturated rings. The van der Waals surface area contributed by atoms with E-state index in [4.69, 9.17) is 4.74 Å². The normalized spacial score (nSPS) is 19.8. The van der Waals surface area contributed by atoms with Crippen LogP contribution in [0.5, 0.6) is 5.75 Å². The van der Waals surface area contributed by atoms with Gasteiger partial charge in [0, 0.05) is 19.6 Å². The molecule has 31 heavy (non-hydrogen) atoms. The van der Waals surface area contributed by atoms with Crippen molar-refractivity contribution < 1.29 is 17.9 Å². The summed E-state index contributed by atoms with van der Waals surface area (Å²) in [5, 5.41) is 2.98. The number of aryl methyl sites for hydroxylation is 3. The maximum Gasteiger partial charge on any atom is 0.243 e. The molecule has 168 valence electrons. The number of hydrogen-bond donors (Lipinski definition) is 1. The molecule has 0 bridgehead atoms. The van der Waals surface area contributed by atoms with Crippen LogP contribution in [0.2, 0.25) is 0 Å². The molecule has 6 nitrogen and oxygen atoms in total. The SMILES string of the molecule is COc1cccc(CNC(=O)[C@@]2(C)CCCN(S(=O)(=O)c3cc(C)c(C)cc3C)C2)c1. The van der Waals surface area contributed by atoms with E-state index in [1.165, 1.54) is 4.31 Å². The van der Waals surface area contributed by atoms with E-state index in [2.05, 4.69) is 5.32 Å². The Kier molecular flexibility index (Phi) is 6.76. The molecule has 0 aromatic heterocycles. The van der Waals surface area contributed by atoms with Crippen molar-refractivity contribution in [1.29, 1.82) is 0 Å². The van der Waals surface area contributed by atoms with Crippen LogP contribution >= 0.6 is 0 Å². The molecule has 0 radical (unpaired) electrons. The number of amides is 1. The Morgan fingerprint density at radius 1 is 1.13 bits per heavy atom. The lowest BCUT2D eigenvalue weighted by atomic mass is 9.82. The maximum absolute atomic E-state index is 13.4. The van der Waals surface area contributed by atoms with Gasteiger partial charge in [-0.15, -0.1) is 0 Å². The van der Waals surface area contributed by atoms with Crippen LogP contribution in [-0.2, 0) is 21.4 Å². The monoisotopic (exact) mass is 444 g/mol. The highest BCUT2D eigenvalue weighted by Crippen LogP contribution is 2.34. The van der Waals surface area contributed by atoms with Crippen molar-refractivity contribution in [2.24, 2.45) is 5.41 Å². The number of nitrogens with one attached hydrogen (secondary N) is 1. The van der Waals surface area contributed by atoms with Gasteiger partial charge in [0.25, 0.3) is 0 Å². The van der Waals surface area contributed by atoms with Crippen LogP contribution < -0.4 is 10.1 Å². The van der Waals surface area contributed by atoms with Gasteiger partial charge < -0.3 is 10.1 Å².